The second-order valence-corrected chi connectivity index (χ2v) is 10.2. The predicted octanol–water partition coefficient (Wildman–Crippen LogP) is 4.53. The van der Waals surface area contributed by atoms with E-state index in [0.29, 0.717) is 35.1 Å². The number of likely N-dealkylation sites (tertiary alicyclic amines) is 1. The van der Waals surface area contributed by atoms with Gasteiger partial charge in [0, 0.05) is 49.3 Å². The molecule has 3 aromatic rings. The van der Waals surface area contributed by atoms with Crippen LogP contribution in [0.2, 0.25) is 5.02 Å². The highest BCUT2D eigenvalue weighted by atomic mass is 35.5. The molecule has 3 N–H and O–H groups in total. The highest BCUT2D eigenvalue weighted by Gasteiger charge is 2.29. The minimum atomic E-state index is -0.484. The Morgan fingerprint density at radius 1 is 1.23 bits per heavy atom. The summed E-state index contributed by atoms with van der Waals surface area (Å²) < 4.78 is 14.5. The lowest BCUT2D eigenvalue weighted by molar-refractivity contribution is -0.124. The summed E-state index contributed by atoms with van der Waals surface area (Å²) in [6.07, 6.45) is 7.28. The van der Waals surface area contributed by atoms with Crippen molar-refractivity contribution in [3.63, 3.8) is 0 Å². The molecule has 206 valence electrons. The van der Waals surface area contributed by atoms with Gasteiger partial charge in [-0.25, -0.2) is 14.4 Å². The van der Waals surface area contributed by atoms with E-state index in [1.54, 1.807) is 25.5 Å². The van der Waals surface area contributed by atoms with E-state index in [9.17, 15) is 14.0 Å². The number of carbonyl (C=O) groups is 2. The zero-order valence-corrected chi connectivity index (χ0v) is 23.1. The van der Waals surface area contributed by atoms with E-state index in [2.05, 4.69) is 35.8 Å². The van der Waals surface area contributed by atoms with Crippen LogP contribution in [0, 0.1) is 5.82 Å². The first-order valence-corrected chi connectivity index (χ1v) is 13.4. The molecule has 4 rings (SSSR count). The third-order valence-corrected chi connectivity index (χ3v) is 6.98. The van der Waals surface area contributed by atoms with Gasteiger partial charge in [0.2, 0.25) is 5.91 Å². The van der Waals surface area contributed by atoms with Crippen LogP contribution in [0.25, 0.3) is 11.4 Å². The maximum absolute atomic E-state index is 14.5. The summed E-state index contributed by atoms with van der Waals surface area (Å²) in [5.74, 6) is -0.0235. The van der Waals surface area contributed by atoms with E-state index in [-0.39, 0.29) is 35.2 Å². The third kappa shape index (κ3) is 6.88. The number of nitrogens with zero attached hydrogens (tertiary/aromatic N) is 4. The van der Waals surface area contributed by atoms with Crippen molar-refractivity contribution in [2.45, 2.75) is 45.1 Å². The molecule has 11 heteroatoms. The maximum Gasteiger partial charge on any atom is 0.254 e. The van der Waals surface area contributed by atoms with Crippen molar-refractivity contribution in [2.75, 3.05) is 32.0 Å². The van der Waals surface area contributed by atoms with E-state index in [1.165, 1.54) is 24.4 Å². The van der Waals surface area contributed by atoms with Crippen LogP contribution in [-0.2, 0) is 4.79 Å². The van der Waals surface area contributed by atoms with Crippen molar-refractivity contribution in [1.29, 1.82) is 0 Å². The minimum Gasteiger partial charge on any atom is -0.358 e. The van der Waals surface area contributed by atoms with Crippen molar-refractivity contribution in [1.82, 2.24) is 30.5 Å². The number of hydrogen-bond acceptors (Lipinski definition) is 7. The molecule has 1 aliphatic rings. The van der Waals surface area contributed by atoms with Crippen LogP contribution in [0.3, 0.4) is 0 Å². The van der Waals surface area contributed by atoms with Gasteiger partial charge in [0.05, 0.1) is 22.9 Å². The lowest BCUT2D eigenvalue weighted by atomic mass is 10.1. The standard InChI is InChI=1S/C28H33ClFN7O2/c1-17(2)20-16-34-25(19-14-18(29)7-8-22(19)30)36-26(20)35-23-9-11-32-15-21(23)27(38)33-10-5-13-37-12-4-6-24(37)28(39)31-3/h7-9,11,14-17,24H,4-6,10,12-13H2,1-3H3,(H,31,39)(H,33,38)(H,32,34,35,36)/t24-/m1/s1. The van der Waals surface area contributed by atoms with Gasteiger partial charge < -0.3 is 16.0 Å². The van der Waals surface area contributed by atoms with E-state index in [4.69, 9.17) is 11.6 Å². The normalized spacial score (nSPS) is 15.4. The number of halogens is 2. The number of amides is 2. The zero-order chi connectivity index (χ0) is 27.9. The van der Waals surface area contributed by atoms with Crippen LogP contribution in [0.1, 0.15) is 54.9 Å². The number of pyridine rings is 1. The molecule has 0 aliphatic carbocycles. The number of rotatable bonds is 10. The Bertz CT molecular complexity index is 1340. The highest BCUT2D eigenvalue weighted by molar-refractivity contribution is 6.30. The number of hydrogen-bond donors (Lipinski definition) is 3. The summed E-state index contributed by atoms with van der Waals surface area (Å²) in [7, 11) is 1.65. The van der Waals surface area contributed by atoms with Crippen molar-refractivity contribution in [3.8, 4) is 11.4 Å². The number of benzene rings is 1. The summed E-state index contributed by atoms with van der Waals surface area (Å²) in [5, 5.41) is 9.30. The second kappa shape index (κ2) is 12.9. The molecule has 0 spiro atoms. The molecule has 0 bridgehead atoms. The lowest BCUT2D eigenvalue weighted by Gasteiger charge is -2.23. The number of aromatic nitrogens is 3. The highest BCUT2D eigenvalue weighted by Crippen LogP contribution is 2.30. The third-order valence-electron chi connectivity index (χ3n) is 6.75. The van der Waals surface area contributed by atoms with Crippen molar-refractivity contribution >= 4 is 34.9 Å². The van der Waals surface area contributed by atoms with Gasteiger partial charge in [0.25, 0.3) is 5.91 Å². The van der Waals surface area contributed by atoms with Gasteiger partial charge in [0.15, 0.2) is 5.82 Å². The molecule has 1 saturated heterocycles. The molecule has 3 heterocycles. The Kier molecular flexibility index (Phi) is 9.42. The number of nitrogens with one attached hydrogen (secondary N) is 3. The SMILES string of the molecule is CNC(=O)[C@H]1CCCN1CCCNC(=O)c1cnccc1Nc1nc(-c2cc(Cl)ccc2F)ncc1C(C)C. The number of likely N-dealkylation sites (N-methyl/N-ethyl adjacent to an activating group) is 1. The summed E-state index contributed by atoms with van der Waals surface area (Å²) in [5.41, 5.74) is 1.86. The van der Waals surface area contributed by atoms with Crippen LogP contribution in [0.15, 0.2) is 42.9 Å². The summed E-state index contributed by atoms with van der Waals surface area (Å²) in [6, 6.07) is 5.81. The van der Waals surface area contributed by atoms with E-state index >= 15 is 0 Å². The Hall–Kier alpha value is -3.63. The summed E-state index contributed by atoms with van der Waals surface area (Å²) in [4.78, 5) is 40.4. The first kappa shape index (κ1) is 28.4. The maximum atomic E-state index is 14.5. The average Bonchev–Trinajstić information content (AvgIpc) is 3.40. The van der Waals surface area contributed by atoms with Crippen LogP contribution in [0.4, 0.5) is 15.9 Å². The smallest absolute Gasteiger partial charge is 0.254 e. The van der Waals surface area contributed by atoms with Crippen LogP contribution in [-0.4, -0.2) is 64.4 Å². The largest absolute Gasteiger partial charge is 0.358 e. The molecule has 2 aromatic heterocycles. The van der Waals surface area contributed by atoms with Crippen molar-refractivity contribution in [2.24, 2.45) is 0 Å². The van der Waals surface area contributed by atoms with Gasteiger partial charge in [-0.05, 0) is 56.0 Å². The first-order valence-electron chi connectivity index (χ1n) is 13.1. The van der Waals surface area contributed by atoms with Gasteiger partial charge in [-0.1, -0.05) is 25.4 Å². The Balaban J connectivity index is 1.48. The molecule has 39 heavy (non-hydrogen) atoms. The van der Waals surface area contributed by atoms with Crippen LogP contribution in [0.5, 0.6) is 0 Å². The number of carbonyl (C=O) groups excluding carboxylic acids is 2. The van der Waals surface area contributed by atoms with Crippen LogP contribution < -0.4 is 16.0 Å². The average molecular weight is 554 g/mol. The molecule has 0 radical (unpaired) electrons. The van der Waals surface area contributed by atoms with Gasteiger partial charge in [-0.2, -0.15) is 0 Å². The topological polar surface area (TPSA) is 112 Å². The van der Waals surface area contributed by atoms with E-state index in [1.807, 2.05) is 13.8 Å². The quantitative estimate of drug-likeness (QED) is 0.316. The van der Waals surface area contributed by atoms with E-state index in [0.717, 1.165) is 31.5 Å². The molecule has 0 saturated carbocycles. The van der Waals surface area contributed by atoms with Crippen molar-refractivity contribution < 1.29 is 14.0 Å². The minimum absolute atomic E-state index is 0.0364. The molecule has 2 amide bonds. The van der Waals surface area contributed by atoms with Gasteiger partial charge in [-0.15, -0.1) is 0 Å². The van der Waals surface area contributed by atoms with Gasteiger partial charge >= 0.3 is 0 Å². The molecule has 0 unspecified atom stereocenters. The molecule has 1 aromatic carbocycles. The Morgan fingerprint density at radius 2 is 2.05 bits per heavy atom. The van der Waals surface area contributed by atoms with Gasteiger partial charge in [0.1, 0.15) is 11.6 Å². The fourth-order valence-corrected chi connectivity index (χ4v) is 4.83. The number of anilines is 2. The fourth-order valence-electron chi connectivity index (χ4n) is 4.66. The molecular weight excluding hydrogens is 521 g/mol. The predicted molar refractivity (Wildman–Crippen MR) is 150 cm³/mol. The van der Waals surface area contributed by atoms with Crippen molar-refractivity contribution in [3.05, 3.63) is 64.8 Å². The Morgan fingerprint density at radius 3 is 2.82 bits per heavy atom. The summed E-state index contributed by atoms with van der Waals surface area (Å²) in [6.45, 7) is 6.05. The van der Waals surface area contributed by atoms with Gasteiger partial charge in [-0.3, -0.25) is 19.5 Å². The first-order chi connectivity index (χ1) is 18.8. The molecule has 1 aliphatic heterocycles. The summed E-state index contributed by atoms with van der Waals surface area (Å²) >= 11 is 6.08. The Labute approximate surface area is 232 Å². The molecular formula is C28H33ClFN7O2. The monoisotopic (exact) mass is 553 g/mol. The second-order valence-electron chi connectivity index (χ2n) is 9.74. The van der Waals surface area contributed by atoms with Crippen LogP contribution >= 0.6 is 11.6 Å². The van der Waals surface area contributed by atoms with E-state index < -0.39 is 5.82 Å². The lowest BCUT2D eigenvalue weighted by Crippen LogP contribution is -2.42. The molecule has 1 fully saturated rings. The molecule has 1 atom stereocenters. The fraction of sp³-hybridized carbons (Fsp3) is 0.393. The molecule has 9 nitrogen and oxygen atoms in total. The zero-order valence-electron chi connectivity index (χ0n) is 22.3.